The van der Waals surface area contributed by atoms with Crippen LogP contribution < -0.4 is 5.73 Å². The van der Waals surface area contributed by atoms with E-state index in [9.17, 15) is 4.79 Å². The fourth-order valence-electron chi connectivity index (χ4n) is 1.60. The lowest BCUT2D eigenvalue weighted by Gasteiger charge is -2.10. The molecule has 1 fully saturated rings. The highest BCUT2D eigenvalue weighted by molar-refractivity contribution is 5.89. The van der Waals surface area contributed by atoms with Crippen molar-refractivity contribution in [3.63, 3.8) is 0 Å². The number of rotatable bonds is 3. The van der Waals surface area contributed by atoms with Gasteiger partial charge in [-0.05, 0) is 25.0 Å². The van der Waals surface area contributed by atoms with Gasteiger partial charge in [0.2, 0.25) is 0 Å². The summed E-state index contributed by atoms with van der Waals surface area (Å²) in [4.78, 5) is 15.4. The maximum atomic E-state index is 11.6. The van der Waals surface area contributed by atoms with Gasteiger partial charge in [-0.1, -0.05) is 0 Å². The molecule has 2 N–H and O–H groups in total. The molecule has 0 radical (unpaired) electrons. The SMILES string of the molecule is Nc1cc(C(=O)OCC2CCCO2)ccn1. The summed E-state index contributed by atoms with van der Waals surface area (Å²) in [6, 6.07) is 3.08. The zero-order valence-corrected chi connectivity index (χ0v) is 8.89. The molecule has 1 atom stereocenters. The number of carbonyl (C=O) groups is 1. The van der Waals surface area contributed by atoms with Gasteiger partial charge in [-0.3, -0.25) is 0 Å². The van der Waals surface area contributed by atoms with E-state index in [0.717, 1.165) is 19.4 Å². The first-order chi connectivity index (χ1) is 7.75. The molecule has 16 heavy (non-hydrogen) atoms. The minimum absolute atomic E-state index is 0.0446. The lowest BCUT2D eigenvalue weighted by Crippen LogP contribution is -2.18. The molecule has 1 unspecified atom stereocenters. The van der Waals surface area contributed by atoms with E-state index in [4.69, 9.17) is 15.2 Å². The maximum Gasteiger partial charge on any atom is 0.338 e. The molecule has 1 aromatic heterocycles. The first kappa shape index (κ1) is 10.9. The summed E-state index contributed by atoms with van der Waals surface area (Å²) in [7, 11) is 0. The molecule has 0 aliphatic carbocycles. The van der Waals surface area contributed by atoms with E-state index in [1.54, 1.807) is 6.07 Å². The first-order valence-electron chi connectivity index (χ1n) is 5.26. The smallest absolute Gasteiger partial charge is 0.338 e. The molecule has 5 heteroatoms. The van der Waals surface area contributed by atoms with Crippen molar-refractivity contribution in [2.75, 3.05) is 18.9 Å². The van der Waals surface area contributed by atoms with Crippen molar-refractivity contribution in [2.45, 2.75) is 18.9 Å². The molecule has 0 saturated carbocycles. The Hall–Kier alpha value is -1.62. The zero-order valence-electron chi connectivity index (χ0n) is 8.89. The normalized spacial score (nSPS) is 19.6. The Balaban J connectivity index is 1.87. The number of aromatic nitrogens is 1. The molecule has 0 aromatic carbocycles. The second-order valence-electron chi connectivity index (χ2n) is 3.70. The Morgan fingerprint density at radius 1 is 1.69 bits per heavy atom. The molecule has 0 amide bonds. The molecule has 0 spiro atoms. The number of nitrogens with two attached hydrogens (primary N) is 1. The Morgan fingerprint density at radius 2 is 2.56 bits per heavy atom. The minimum Gasteiger partial charge on any atom is -0.459 e. The van der Waals surface area contributed by atoms with Gasteiger partial charge in [0, 0.05) is 12.8 Å². The van der Waals surface area contributed by atoms with E-state index in [-0.39, 0.29) is 12.1 Å². The molecule has 1 aliphatic heterocycles. The minimum atomic E-state index is -0.385. The predicted octanol–water partition coefficient (Wildman–Crippen LogP) is 1.000. The van der Waals surface area contributed by atoms with E-state index in [1.165, 1.54) is 12.3 Å². The van der Waals surface area contributed by atoms with Gasteiger partial charge in [-0.25, -0.2) is 9.78 Å². The molecular weight excluding hydrogens is 208 g/mol. The van der Waals surface area contributed by atoms with E-state index < -0.39 is 0 Å². The molecule has 2 heterocycles. The van der Waals surface area contributed by atoms with Gasteiger partial charge >= 0.3 is 5.97 Å². The second-order valence-corrected chi connectivity index (χ2v) is 3.70. The third kappa shape index (κ3) is 2.70. The van der Waals surface area contributed by atoms with Crippen LogP contribution in [0.15, 0.2) is 18.3 Å². The van der Waals surface area contributed by atoms with E-state index in [1.807, 2.05) is 0 Å². The summed E-state index contributed by atoms with van der Waals surface area (Å²) < 4.78 is 10.5. The van der Waals surface area contributed by atoms with Crippen LogP contribution in [0.3, 0.4) is 0 Å². The highest BCUT2D eigenvalue weighted by Crippen LogP contribution is 2.13. The Kier molecular flexibility index (Phi) is 3.36. The lowest BCUT2D eigenvalue weighted by atomic mass is 10.2. The Morgan fingerprint density at radius 3 is 3.25 bits per heavy atom. The molecular formula is C11H14N2O3. The summed E-state index contributed by atoms with van der Waals surface area (Å²) >= 11 is 0. The molecule has 1 aromatic rings. The number of nitrogens with zero attached hydrogens (tertiary/aromatic N) is 1. The van der Waals surface area contributed by atoms with Gasteiger partial charge in [0.1, 0.15) is 12.4 Å². The summed E-state index contributed by atoms with van der Waals surface area (Å²) in [5.41, 5.74) is 5.89. The van der Waals surface area contributed by atoms with Crippen molar-refractivity contribution in [1.29, 1.82) is 0 Å². The Bertz CT molecular complexity index is 375. The fraction of sp³-hybridized carbons (Fsp3) is 0.455. The van der Waals surface area contributed by atoms with Crippen LogP contribution >= 0.6 is 0 Å². The van der Waals surface area contributed by atoms with Gasteiger partial charge in [0.25, 0.3) is 0 Å². The van der Waals surface area contributed by atoms with Gasteiger partial charge in [-0.2, -0.15) is 0 Å². The summed E-state index contributed by atoms with van der Waals surface area (Å²) in [5, 5.41) is 0. The van der Waals surface area contributed by atoms with Crippen LogP contribution in [0.1, 0.15) is 23.2 Å². The average molecular weight is 222 g/mol. The van der Waals surface area contributed by atoms with Crippen molar-refractivity contribution in [1.82, 2.24) is 4.98 Å². The number of hydrogen-bond donors (Lipinski definition) is 1. The van der Waals surface area contributed by atoms with Crippen LogP contribution in [-0.2, 0) is 9.47 Å². The second kappa shape index (κ2) is 4.94. The zero-order chi connectivity index (χ0) is 11.4. The Labute approximate surface area is 93.6 Å². The first-order valence-corrected chi connectivity index (χ1v) is 5.26. The van der Waals surface area contributed by atoms with Crippen molar-refractivity contribution >= 4 is 11.8 Å². The van der Waals surface area contributed by atoms with Gasteiger partial charge in [0.05, 0.1) is 11.7 Å². The predicted molar refractivity (Wildman–Crippen MR) is 57.9 cm³/mol. The van der Waals surface area contributed by atoms with E-state index in [2.05, 4.69) is 4.98 Å². The van der Waals surface area contributed by atoms with E-state index in [0.29, 0.717) is 18.0 Å². The fourth-order valence-corrected chi connectivity index (χ4v) is 1.60. The van der Waals surface area contributed by atoms with Crippen LogP contribution in [0.25, 0.3) is 0 Å². The number of carbonyl (C=O) groups excluding carboxylic acids is 1. The third-order valence-corrected chi connectivity index (χ3v) is 2.44. The monoisotopic (exact) mass is 222 g/mol. The standard InChI is InChI=1S/C11H14N2O3/c12-10-6-8(3-4-13-10)11(14)16-7-9-2-1-5-15-9/h3-4,6,9H,1-2,5,7H2,(H2,12,13). The van der Waals surface area contributed by atoms with E-state index >= 15 is 0 Å². The van der Waals surface area contributed by atoms with Crippen molar-refractivity contribution in [3.8, 4) is 0 Å². The molecule has 5 nitrogen and oxygen atoms in total. The maximum absolute atomic E-state index is 11.6. The molecule has 1 saturated heterocycles. The largest absolute Gasteiger partial charge is 0.459 e. The highest BCUT2D eigenvalue weighted by Gasteiger charge is 2.18. The quantitative estimate of drug-likeness (QED) is 0.772. The molecule has 2 rings (SSSR count). The molecule has 0 bridgehead atoms. The lowest BCUT2D eigenvalue weighted by molar-refractivity contribution is 0.0161. The van der Waals surface area contributed by atoms with Gasteiger partial charge in [0.15, 0.2) is 0 Å². The number of pyridine rings is 1. The highest BCUT2D eigenvalue weighted by atomic mass is 16.6. The average Bonchev–Trinajstić information content (AvgIpc) is 2.78. The van der Waals surface area contributed by atoms with Crippen LogP contribution in [0, 0.1) is 0 Å². The van der Waals surface area contributed by atoms with Gasteiger partial charge < -0.3 is 15.2 Å². The van der Waals surface area contributed by atoms with Crippen molar-refractivity contribution in [2.24, 2.45) is 0 Å². The number of ether oxygens (including phenoxy) is 2. The summed E-state index contributed by atoms with van der Waals surface area (Å²) in [6.07, 6.45) is 3.51. The summed E-state index contributed by atoms with van der Waals surface area (Å²) in [5.74, 6) is -0.0730. The van der Waals surface area contributed by atoms with Gasteiger partial charge in [-0.15, -0.1) is 0 Å². The number of anilines is 1. The molecule has 1 aliphatic rings. The summed E-state index contributed by atoms with van der Waals surface area (Å²) in [6.45, 7) is 1.06. The molecule has 86 valence electrons. The number of esters is 1. The van der Waals surface area contributed by atoms with Crippen molar-refractivity contribution in [3.05, 3.63) is 23.9 Å². The third-order valence-electron chi connectivity index (χ3n) is 2.44. The van der Waals surface area contributed by atoms with Crippen LogP contribution in [-0.4, -0.2) is 30.3 Å². The number of nitrogen functional groups attached to an aromatic ring is 1. The number of hydrogen-bond acceptors (Lipinski definition) is 5. The van der Waals surface area contributed by atoms with Crippen LogP contribution in [0.2, 0.25) is 0 Å². The van der Waals surface area contributed by atoms with Crippen LogP contribution in [0.4, 0.5) is 5.82 Å². The van der Waals surface area contributed by atoms with Crippen molar-refractivity contribution < 1.29 is 14.3 Å². The topological polar surface area (TPSA) is 74.4 Å². The van der Waals surface area contributed by atoms with Crippen LogP contribution in [0.5, 0.6) is 0 Å².